The van der Waals surface area contributed by atoms with Crippen molar-refractivity contribution < 1.29 is 33.3 Å². The minimum absolute atomic E-state index is 0.0942. The minimum Gasteiger partial charge on any atom is -0.443 e. The molecule has 4 heterocycles. The minimum atomic E-state index is -1.10. The van der Waals surface area contributed by atoms with Gasteiger partial charge >= 0.3 is 12.2 Å². The van der Waals surface area contributed by atoms with E-state index in [-0.39, 0.29) is 46.7 Å². The number of halogens is 1. The van der Waals surface area contributed by atoms with Crippen LogP contribution in [0, 0.1) is 31.0 Å². The van der Waals surface area contributed by atoms with Gasteiger partial charge in [0.25, 0.3) is 0 Å². The third kappa shape index (κ3) is 6.53. The maximum absolute atomic E-state index is 16.0. The van der Waals surface area contributed by atoms with E-state index in [1.807, 2.05) is 0 Å². The number of amides is 2. The number of rotatable bonds is 5. The summed E-state index contributed by atoms with van der Waals surface area (Å²) < 4.78 is 36.5. The van der Waals surface area contributed by atoms with Crippen molar-refractivity contribution in [1.29, 1.82) is 5.26 Å². The fourth-order valence-corrected chi connectivity index (χ4v) is 5.77. The Bertz CT molecular complexity index is 1870. The topological polar surface area (TPSA) is 145 Å². The third-order valence-corrected chi connectivity index (χ3v) is 7.79. The number of anilines is 1. The van der Waals surface area contributed by atoms with Gasteiger partial charge in [0.1, 0.15) is 34.3 Å². The third-order valence-electron chi connectivity index (χ3n) is 7.79. The van der Waals surface area contributed by atoms with E-state index in [0.717, 1.165) is 12.8 Å². The van der Waals surface area contributed by atoms with Gasteiger partial charge in [-0.25, -0.2) is 23.6 Å². The molecule has 1 N–H and O–H groups in total. The van der Waals surface area contributed by atoms with Crippen molar-refractivity contribution >= 4 is 39.9 Å². The van der Waals surface area contributed by atoms with E-state index in [1.165, 1.54) is 10.6 Å². The number of hydrogen-bond donors (Lipinski definition) is 1. The number of aliphatic hydroxyl groups excluding tert-OH is 1. The molecule has 0 aliphatic carbocycles. The molecule has 1 fully saturated rings. The summed E-state index contributed by atoms with van der Waals surface area (Å²) in [6.45, 7) is 13.6. The van der Waals surface area contributed by atoms with Crippen molar-refractivity contribution in [1.82, 2.24) is 19.3 Å². The van der Waals surface area contributed by atoms with Crippen LogP contribution in [0.4, 0.5) is 19.8 Å². The molecule has 250 valence electrons. The highest BCUT2D eigenvalue weighted by Gasteiger charge is 2.39. The van der Waals surface area contributed by atoms with Gasteiger partial charge in [-0.1, -0.05) is 0 Å². The van der Waals surface area contributed by atoms with Crippen LogP contribution in [0.5, 0.6) is 0 Å². The van der Waals surface area contributed by atoms with Gasteiger partial charge in [-0.2, -0.15) is 15.3 Å². The molecular weight excluding hydrogens is 607 g/mol. The zero-order valence-corrected chi connectivity index (χ0v) is 28.1. The Hall–Kier alpha value is -4.54. The summed E-state index contributed by atoms with van der Waals surface area (Å²) in [5.41, 5.74) is 0.0343. The average Bonchev–Trinajstić information content (AvgIpc) is 3.51. The van der Waals surface area contributed by atoms with E-state index in [0.29, 0.717) is 40.1 Å². The summed E-state index contributed by atoms with van der Waals surface area (Å²) in [5.74, 6) is -0.804. The van der Waals surface area contributed by atoms with Gasteiger partial charge in [0, 0.05) is 41.3 Å². The average molecular weight is 649 g/mol. The maximum atomic E-state index is 16.0. The van der Waals surface area contributed by atoms with Crippen molar-refractivity contribution in [2.75, 3.05) is 18.1 Å². The Labute approximate surface area is 272 Å². The number of fused-ring (bicyclic) bond motifs is 2. The molecule has 0 saturated carbocycles. The van der Waals surface area contributed by atoms with E-state index in [9.17, 15) is 20.0 Å². The molecule has 1 saturated heterocycles. The summed E-state index contributed by atoms with van der Waals surface area (Å²) in [6.07, 6.45) is 1.75. The Balaban J connectivity index is 1.93. The summed E-state index contributed by atoms with van der Waals surface area (Å²) in [5, 5.41) is 25.8. The quantitative estimate of drug-likeness (QED) is 0.244. The molecule has 1 aliphatic heterocycles. The Morgan fingerprint density at radius 3 is 2.32 bits per heavy atom. The second-order valence-electron chi connectivity index (χ2n) is 13.7. The first-order chi connectivity index (χ1) is 22.1. The van der Waals surface area contributed by atoms with E-state index in [2.05, 4.69) is 11.2 Å². The first-order valence-corrected chi connectivity index (χ1v) is 15.7. The molecular formula is C34H41FN6O6. The van der Waals surface area contributed by atoms with Crippen molar-refractivity contribution in [3.63, 3.8) is 0 Å². The maximum Gasteiger partial charge on any atom is 0.425 e. The van der Waals surface area contributed by atoms with Crippen LogP contribution in [0.2, 0.25) is 0 Å². The number of carbonyl (C=O) groups excluding carboxylic acids is 2. The second kappa shape index (κ2) is 12.6. The van der Waals surface area contributed by atoms with Gasteiger partial charge in [-0.15, -0.1) is 0 Å². The highest BCUT2D eigenvalue weighted by molar-refractivity contribution is 6.13. The molecule has 1 aromatic carbocycles. The van der Waals surface area contributed by atoms with Crippen LogP contribution < -0.4 is 4.90 Å². The Morgan fingerprint density at radius 2 is 1.77 bits per heavy atom. The molecule has 0 spiro atoms. The number of carbonyl (C=O) groups is 2. The molecule has 5 rings (SSSR count). The number of aromatic nitrogens is 4. The lowest BCUT2D eigenvalue weighted by Gasteiger charge is -2.29. The van der Waals surface area contributed by atoms with Crippen LogP contribution in [0.1, 0.15) is 89.4 Å². The van der Waals surface area contributed by atoms with Crippen molar-refractivity contribution in [2.24, 2.45) is 0 Å². The molecule has 13 heteroatoms. The van der Waals surface area contributed by atoms with Crippen molar-refractivity contribution in [3.05, 3.63) is 46.5 Å². The molecule has 1 aliphatic rings. The molecule has 3 aromatic heterocycles. The molecule has 12 nitrogen and oxygen atoms in total. The van der Waals surface area contributed by atoms with Gasteiger partial charge in [0.05, 0.1) is 17.4 Å². The predicted molar refractivity (Wildman–Crippen MR) is 173 cm³/mol. The van der Waals surface area contributed by atoms with Gasteiger partial charge in [0.15, 0.2) is 12.0 Å². The molecule has 4 aromatic rings. The van der Waals surface area contributed by atoms with E-state index < -0.39 is 35.4 Å². The van der Waals surface area contributed by atoms with Crippen LogP contribution >= 0.6 is 0 Å². The fourth-order valence-electron chi connectivity index (χ4n) is 5.77. The highest BCUT2D eigenvalue weighted by Crippen LogP contribution is 2.41. The SMILES string of the molecule is Cc1nc2c(cc1CCO)c(C#N)c(N(C(=O)OC(C)(C)C)C(=O)OC(C)(C)C)n2-c1c(C)c(F)cc2c1cnn2C1CCCCO1. The Morgan fingerprint density at radius 1 is 1.11 bits per heavy atom. The molecule has 1 atom stereocenters. The predicted octanol–water partition coefficient (Wildman–Crippen LogP) is 6.91. The van der Waals surface area contributed by atoms with E-state index in [4.69, 9.17) is 19.2 Å². The second-order valence-corrected chi connectivity index (χ2v) is 13.7. The zero-order valence-electron chi connectivity index (χ0n) is 28.1. The number of nitrogens with zero attached hydrogens (tertiary/aromatic N) is 6. The number of benzene rings is 1. The number of pyridine rings is 1. The van der Waals surface area contributed by atoms with Gasteiger partial charge in [-0.05, 0) is 92.7 Å². The normalized spacial score (nSPS) is 15.6. The van der Waals surface area contributed by atoms with Crippen LogP contribution in [-0.4, -0.2) is 61.0 Å². The molecule has 47 heavy (non-hydrogen) atoms. The standard InChI is InChI=1S/C34H41FN6O6/c1-19-25(35)16-26-24(18-37-41(26)27-11-9-10-14-45-27)28(19)39-29-22(15-21(12-13-42)20(2)38-29)23(17-36)30(39)40(31(43)46-33(3,4)5)32(44)47-34(6,7)8/h15-16,18,27,42H,9-14H2,1-8H3. The first kappa shape index (κ1) is 33.8. The summed E-state index contributed by atoms with van der Waals surface area (Å²) in [6, 6.07) is 5.23. The first-order valence-electron chi connectivity index (χ1n) is 15.7. The lowest BCUT2D eigenvalue weighted by molar-refractivity contribution is -0.0367. The van der Waals surface area contributed by atoms with Crippen LogP contribution in [0.3, 0.4) is 0 Å². The van der Waals surface area contributed by atoms with Crippen LogP contribution in [-0.2, 0) is 20.6 Å². The number of nitriles is 1. The zero-order chi connectivity index (χ0) is 34.4. The lowest BCUT2D eigenvalue weighted by atomic mass is 10.1. The smallest absolute Gasteiger partial charge is 0.425 e. The van der Waals surface area contributed by atoms with Gasteiger partial charge in [0.2, 0.25) is 0 Å². The van der Waals surface area contributed by atoms with Gasteiger partial charge < -0.3 is 19.3 Å². The lowest BCUT2D eigenvalue weighted by Crippen LogP contribution is -2.45. The van der Waals surface area contributed by atoms with Crippen LogP contribution in [0.25, 0.3) is 27.6 Å². The number of aliphatic hydroxyl groups is 1. The molecule has 2 amide bonds. The summed E-state index contributed by atoms with van der Waals surface area (Å²) in [7, 11) is 0. The van der Waals surface area contributed by atoms with Crippen LogP contribution in [0.15, 0.2) is 18.3 Å². The van der Waals surface area contributed by atoms with E-state index in [1.54, 1.807) is 72.3 Å². The molecule has 1 unspecified atom stereocenters. The monoisotopic (exact) mass is 648 g/mol. The van der Waals surface area contributed by atoms with E-state index >= 15 is 4.39 Å². The number of imide groups is 1. The van der Waals surface area contributed by atoms with Crippen molar-refractivity contribution in [3.8, 4) is 11.8 Å². The van der Waals surface area contributed by atoms with Gasteiger partial charge in [-0.3, -0.25) is 4.57 Å². The number of ether oxygens (including phenoxy) is 3. The fraction of sp³-hybridized carbons (Fsp3) is 0.500. The number of hydrogen-bond acceptors (Lipinski definition) is 9. The molecule has 0 radical (unpaired) electrons. The summed E-state index contributed by atoms with van der Waals surface area (Å²) >= 11 is 0. The highest BCUT2D eigenvalue weighted by atomic mass is 19.1. The summed E-state index contributed by atoms with van der Waals surface area (Å²) in [4.78, 5) is 33.5. The number of aryl methyl sites for hydroxylation is 1. The molecule has 0 bridgehead atoms. The van der Waals surface area contributed by atoms with Crippen molar-refractivity contribution in [2.45, 2.75) is 98.5 Å². The Kier molecular flexibility index (Phi) is 9.05. The largest absolute Gasteiger partial charge is 0.443 e.